The molecule has 5 nitrogen and oxygen atoms in total. The van der Waals surface area contributed by atoms with Crippen LogP contribution in [0.5, 0.6) is 0 Å². The van der Waals surface area contributed by atoms with Crippen LogP contribution in [0, 0.1) is 5.92 Å². The number of amides is 2. The molecule has 1 saturated carbocycles. The first-order valence-electron chi connectivity index (χ1n) is 7.43. The van der Waals surface area contributed by atoms with Gasteiger partial charge in [0.1, 0.15) is 17.4 Å². The Kier molecular flexibility index (Phi) is 3.33. The van der Waals surface area contributed by atoms with Crippen LogP contribution in [-0.2, 0) is 4.79 Å². The van der Waals surface area contributed by atoms with Crippen LogP contribution in [0.25, 0.3) is 11.0 Å². The Bertz CT molecular complexity index is 705. The number of carbonyl (C=O) groups is 2. The molecule has 2 fully saturated rings. The number of hydrogen-bond donors (Lipinski definition) is 2. The van der Waals surface area contributed by atoms with Crippen molar-refractivity contribution in [2.75, 3.05) is 5.75 Å². The van der Waals surface area contributed by atoms with Crippen molar-refractivity contribution in [2.24, 2.45) is 5.92 Å². The van der Waals surface area contributed by atoms with Crippen molar-refractivity contribution in [3.63, 3.8) is 0 Å². The molecular formula is C16H16N2O3S. The molecule has 1 saturated heterocycles. The minimum atomic E-state index is -0.442. The predicted octanol–water partition coefficient (Wildman–Crippen LogP) is 2.83. The van der Waals surface area contributed by atoms with E-state index in [1.54, 1.807) is 0 Å². The van der Waals surface area contributed by atoms with Gasteiger partial charge in [0.15, 0.2) is 0 Å². The third-order valence-electron chi connectivity index (χ3n) is 4.13. The molecule has 1 aliphatic heterocycles. The SMILES string of the molecule is O=C1N[C@H](C(=O)N[C@@H](c2cc3ccccc3o2)C2CC2)CS1. The molecule has 0 bridgehead atoms. The molecule has 0 radical (unpaired) electrons. The Labute approximate surface area is 131 Å². The fourth-order valence-corrected chi connectivity index (χ4v) is 3.56. The van der Waals surface area contributed by atoms with Crippen molar-refractivity contribution in [1.29, 1.82) is 0 Å². The minimum Gasteiger partial charge on any atom is -0.459 e. The zero-order valence-electron chi connectivity index (χ0n) is 11.9. The molecule has 2 atom stereocenters. The number of furan rings is 1. The van der Waals surface area contributed by atoms with Gasteiger partial charge >= 0.3 is 0 Å². The molecule has 0 spiro atoms. The molecule has 1 aliphatic carbocycles. The lowest BCUT2D eigenvalue weighted by Gasteiger charge is -2.18. The summed E-state index contributed by atoms with van der Waals surface area (Å²) in [4.78, 5) is 23.6. The largest absolute Gasteiger partial charge is 0.459 e. The lowest BCUT2D eigenvalue weighted by atomic mass is 10.1. The van der Waals surface area contributed by atoms with E-state index in [-0.39, 0.29) is 17.2 Å². The van der Waals surface area contributed by atoms with E-state index >= 15 is 0 Å². The molecule has 2 heterocycles. The van der Waals surface area contributed by atoms with Crippen LogP contribution < -0.4 is 10.6 Å². The van der Waals surface area contributed by atoms with Gasteiger partial charge < -0.3 is 15.1 Å². The first-order chi connectivity index (χ1) is 10.7. The second kappa shape index (κ2) is 5.35. The molecule has 1 aromatic heterocycles. The van der Waals surface area contributed by atoms with Gasteiger partial charge in [-0.1, -0.05) is 30.0 Å². The van der Waals surface area contributed by atoms with Crippen molar-refractivity contribution in [3.8, 4) is 0 Å². The van der Waals surface area contributed by atoms with Crippen LogP contribution >= 0.6 is 11.8 Å². The first kappa shape index (κ1) is 13.7. The number of thioether (sulfide) groups is 1. The molecule has 2 N–H and O–H groups in total. The second-order valence-corrected chi connectivity index (χ2v) is 6.80. The van der Waals surface area contributed by atoms with E-state index in [0.717, 1.165) is 41.3 Å². The lowest BCUT2D eigenvalue weighted by Crippen LogP contribution is -2.44. The highest BCUT2D eigenvalue weighted by atomic mass is 32.2. The Hall–Kier alpha value is -1.95. The van der Waals surface area contributed by atoms with Crippen molar-refractivity contribution >= 4 is 33.9 Å². The summed E-state index contributed by atoms with van der Waals surface area (Å²) in [6, 6.07) is 9.29. The van der Waals surface area contributed by atoms with E-state index < -0.39 is 6.04 Å². The monoisotopic (exact) mass is 316 g/mol. The van der Waals surface area contributed by atoms with Crippen molar-refractivity contribution in [2.45, 2.75) is 24.9 Å². The summed E-state index contributed by atoms with van der Waals surface area (Å²) in [5.41, 5.74) is 0.835. The number of para-hydroxylation sites is 1. The lowest BCUT2D eigenvalue weighted by molar-refractivity contribution is -0.123. The topological polar surface area (TPSA) is 71.3 Å². The summed E-state index contributed by atoms with van der Waals surface area (Å²) in [6.45, 7) is 0. The Morgan fingerprint density at radius 1 is 1.36 bits per heavy atom. The van der Waals surface area contributed by atoms with Gasteiger partial charge in [0, 0.05) is 11.1 Å². The van der Waals surface area contributed by atoms with Gasteiger partial charge in [-0.2, -0.15) is 0 Å². The van der Waals surface area contributed by atoms with Gasteiger partial charge in [0.05, 0.1) is 6.04 Å². The molecular weight excluding hydrogens is 300 g/mol. The van der Waals surface area contributed by atoms with Gasteiger partial charge in [-0.3, -0.25) is 9.59 Å². The summed E-state index contributed by atoms with van der Waals surface area (Å²) >= 11 is 1.15. The summed E-state index contributed by atoms with van der Waals surface area (Å²) in [7, 11) is 0. The van der Waals surface area contributed by atoms with Crippen LogP contribution in [-0.4, -0.2) is 22.9 Å². The zero-order chi connectivity index (χ0) is 15.1. The van der Waals surface area contributed by atoms with Gasteiger partial charge in [0.25, 0.3) is 5.24 Å². The number of rotatable bonds is 4. The molecule has 2 aliphatic rings. The van der Waals surface area contributed by atoms with Gasteiger partial charge in [-0.15, -0.1) is 0 Å². The van der Waals surface area contributed by atoms with Crippen LogP contribution in [0.2, 0.25) is 0 Å². The van der Waals surface area contributed by atoms with Crippen LogP contribution in [0.4, 0.5) is 4.79 Å². The standard InChI is InChI=1S/C16H16N2O3S/c19-15(11-8-22-16(20)17-11)18-14(9-5-6-9)13-7-10-3-1-2-4-12(10)21-13/h1-4,7,9,11,14H,5-6,8H2,(H,17,20)(H,18,19)/t11-,14+/m0/s1. The second-order valence-electron chi connectivity index (χ2n) is 5.81. The summed E-state index contributed by atoms with van der Waals surface area (Å²) in [5.74, 6) is 1.58. The zero-order valence-corrected chi connectivity index (χ0v) is 12.7. The normalized spacial score (nSPS) is 22.5. The summed E-state index contributed by atoms with van der Waals surface area (Å²) in [6.07, 6.45) is 2.18. The number of hydrogen-bond acceptors (Lipinski definition) is 4. The highest BCUT2D eigenvalue weighted by molar-refractivity contribution is 8.14. The summed E-state index contributed by atoms with van der Waals surface area (Å²) < 4.78 is 5.91. The molecule has 22 heavy (non-hydrogen) atoms. The average Bonchev–Trinajstić information content (AvgIpc) is 3.11. The van der Waals surface area contributed by atoms with E-state index in [0.29, 0.717) is 11.7 Å². The quantitative estimate of drug-likeness (QED) is 0.910. The van der Waals surface area contributed by atoms with Crippen LogP contribution in [0.1, 0.15) is 24.6 Å². The number of nitrogens with one attached hydrogen (secondary N) is 2. The Morgan fingerprint density at radius 2 is 2.18 bits per heavy atom. The third kappa shape index (κ3) is 2.59. The van der Waals surface area contributed by atoms with Gasteiger partial charge in [-0.25, -0.2) is 0 Å². The van der Waals surface area contributed by atoms with Crippen LogP contribution in [0.15, 0.2) is 34.7 Å². The maximum Gasteiger partial charge on any atom is 0.279 e. The molecule has 0 unspecified atom stereocenters. The smallest absolute Gasteiger partial charge is 0.279 e. The van der Waals surface area contributed by atoms with Gasteiger partial charge in [0.2, 0.25) is 5.91 Å². The van der Waals surface area contributed by atoms with Crippen molar-refractivity contribution < 1.29 is 14.0 Å². The van der Waals surface area contributed by atoms with E-state index in [2.05, 4.69) is 10.6 Å². The fraction of sp³-hybridized carbons (Fsp3) is 0.375. The van der Waals surface area contributed by atoms with E-state index in [1.165, 1.54) is 0 Å². The maximum absolute atomic E-state index is 12.3. The van der Waals surface area contributed by atoms with Crippen molar-refractivity contribution in [3.05, 3.63) is 36.1 Å². The Morgan fingerprint density at radius 3 is 2.86 bits per heavy atom. The minimum absolute atomic E-state index is 0.109. The van der Waals surface area contributed by atoms with E-state index in [4.69, 9.17) is 4.42 Å². The molecule has 2 aromatic rings. The molecule has 1 aromatic carbocycles. The van der Waals surface area contributed by atoms with Crippen molar-refractivity contribution in [1.82, 2.24) is 10.6 Å². The number of fused-ring (bicyclic) bond motifs is 1. The Balaban J connectivity index is 1.55. The van der Waals surface area contributed by atoms with Gasteiger partial charge in [-0.05, 0) is 30.9 Å². The highest BCUT2D eigenvalue weighted by Crippen LogP contribution is 2.42. The molecule has 2 amide bonds. The van der Waals surface area contributed by atoms with E-state index in [1.807, 2.05) is 30.3 Å². The first-order valence-corrected chi connectivity index (χ1v) is 8.41. The maximum atomic E-state index is 12.3. The van der Waals surface area contributed by atoms with E-state index in [9.17, 15) is 9.59 Å². The molecule has 6 heteroatoms. The number of carbonyl (C=O) groups excluding carboxylic acids is 2. The summed E-state index contributed by atoms with van der Waals surface area (Å²) in [5, 5.41) is 6.65. The average molecular weight is 316 g/mol. The number of benzene rings is 1. The fourth-order valence-electron chi connectivity index (χ4n) is 2.79. The molecule has 4 rings (SSSR count). The molecule has 114 valence electrons. The van der Waals surface area contributed by atoms with Crippen LogP contribution in [0.3, 0.4) is 0 Å². The third-order valence-corrected chi connectivity index (χ3v) is 5.01. The predicted molar refractivity (Wildman–Crippen MR) is 84.6 cm³/mol. The highest BCUT2D eigenvalue weighted by Gasteiger charge is 2.38.